The zero-order valence-corrected chi connectivity index (χ0v) is 44.1. The summed E-state index contributed by atoms with van der Waals surface area (Å²) >= 11 is 0. The molecule has 6 rings (SSSR count). The van der Waals surface area contributed by atoms with E-state index < -0.39 is 156 Å². The number of hydrogen-bond donors (Lipinski definition) is 12. The first-order valence-electron chi connectivity index (χ1n) is 25.7. The number of aromatic hydroxyl groups is 2. The molecule has 2 aliphatic carbocycles. The van der Waals surface area contributed by atoms with Gasteiger partial charge in [0.2, 0.25) is 23.5 Å². The van der Waals surface area contributed by atoms with E-state index in [1.54, 1.807) is 30.3 Å². The zero-order chi connectivity index (χ0) is 57.9. The fourth-order valence-electron chi connectivity index (χ4n) is 10.4. The molecule has 9 atom stereocenters. The lowest BCUT2D eigenvalue weighted by Gasteiger charge is -2.42. The number of ether oxygens (including phenoxy) is 3. The number of aliphatic hydroxyl groups is 3. The van der Waals surface area contributed by atoms with Gasteiger partial charge in [0, 0.05) is 81.1 Å². The Labute approximate surface area is 454 Å². The lowest BCUT2D eigenvalue weighted by Crippen LogP contribution is -2.52. The second-order valence-corrected chi connectivity index (χ2v) is 20.0. The van der Waals surface area contributed by atoms with Gasteiger partial charge in [-0.25, -0.2) is 0 Å². The van der Waals surface area contributed by atoms with Crippen molar-refractivity contribution in [3.63, 3.8) is 0 Å². The Morgan fingerprint density at radius 1 is 0.848 bits per heavy atom. The summed E-state index contributed by atoms with van der Waals surface area (Å²) in [5, 5.41) is 64.6. The van der Waals surface area contributed by atoms with Crippen LogP contribution in [0.5, 0.6) is 17.2 Å². The fraction of sp³-hybridized carbons (Fsp3) is 0.481. The minimum absolute atomic E-state index is 0.0143. The van der Waals surface area contributed by atoms with Gasteiger partial charge in [0.25, 0.3) is 0 Å². The molecule has 1 aliphatic heterocycles. The summed E-state index contributed by atoms with van der Waals surface area (Å²) in [6, 6.07) is 10.9. The van der Waals surface area contributed by atoms with E-state index in [2.05, 4.69) is 25.9 Å². The van der Waals surface area contributed by atoms with Crippen molar-refractivity contribution in [2.45, 2.75) is 120 Å². The molecule has 426 valence electrons. The van der Waals surface area contributed by atoms with Crippen LogP contribution in [0.25, 0.3) is 0 Å². The SMILES string of the molecule is COc1cccc2c1C(=O)c1c(O)c3c(c(O)c1C2=O)C[C@](O)(C(=O)CO)C[C@@H]3O[C@@H]1CC(CC(=O)CNC(=O)[C@@H](CCCN=C(N)N)CC(=O)[C@H](CCCN=C(N)N)NC(=O)C(Cc2ccccc2)NC(C)=O)[C@@H](O)[C@H](C)O1. The monoisotopic (exact) mass is 1100 g/mol. The van der Waals surface area contributed by atoms with E-state index in [1.807, 2.05) is 0 Å². The number of fused-ring (bicyclic) bond motifs is 3. The molecule has 1 heterocycles. The lowest BCUT2D eigenvalue weighted by molar-refractivity contribution is -0.257. The maximum Gasteiger partial charge on any atom is 0.243 e. The van der Waals surface area contributed by atoms with E-state index in [9.17, 15) is 63.9 Å². The van der Waals surface area contributed by atoms with E-state index in [0.29, 0.717) is 0 Å². The summed E-state index contributed by atoms with van der Waals surface area (Å²) in [5.41, 5.74) is 18.3. The Morgan fingerprint density at radius 2 is 1.51 bits per heavy atom. The van der Waals surface area contributed by atoms with Crippen molar-refractivity contribution in [1.82, 2.24) is 16.0 Å². The summed E-state index contributed by atoms with van der Waals surface area (Å²) in [6.45, 7) is 1.23. The molecule has 3 aromatic carbocycles. The molecule has 0 saturated carbocycles. The molecule has 3 aromatic rings. The van der Waals surface area contributed by atoms with Gasteiger partial charge in [-0.1, -0.05) is 42.5 Å². The van der Waals surface area contributed by atoms with Gasteiger partial charge in [0.1, 0.15) is 35.5 Å². The molecule has 1 fully saturated rings. The van der Waals surface area contributed by atoms with E-state index in [4.69, 9.17) is 37.1 Å². The number of aliphatic hydroxyl groups excluding tert-OH is 2. The highest BCUT2D eigenvalue weighted by Crippen LogP contribution is 2.53. The number of nitrogens with one attached hydrogen (secondary N) is 3. The predicted octanol–water partition coefficient (Wildman–Crippen LogP) is -0.720. The Hall–Kier alpha value is -7.84. The third kappa shape index (κ3) is 14.7. The Balaban J connectivity index is 1.19. The van der Waals surface area contributed by atoms with E-state index in [0.717, 1.165) is 5.56 Å². The number of aliphatic imine (C=N–C) groups is 2. The predicted molar refractivity (Wildman–Crippen MR) is 283 cm³/mol. The third-order valence-corrected chi connectivity index (χ3v) is 14.3. The summed E-state index contributed by atoms with van der Waals surface area (Å²) in [7, 11) is 1.28. The highest BCUT2D eigenvalue weighted by molar-refractivity contribution is 6.31. The van der Waals surface area contributed by atoms with E-state index in [-0.39, 0.29) is 98.0 Å². The number of guanidine groups is 2. The molecular formula is C54H69N9O16. The van der Waals surface area contributed by atoms with Crippen molar-refractivity contribution in [2.24, 2.45) is 44.8 Å². The van der Waals surface area contributed by atoms with Gasteiger partial charge in [0.05, 0.1) is 54.7 Å². The first-order chi connectivity index (χ1) is 37.5. The number of ketones is 5. The molecule has 25 heteroatoms. The van der Waals surface area contributed by atoms with Gasteiger partial charge in [0.15, 0.2) is 41.3 Å². The number of carbonyl (C=O) groups is 8. The van der Waals surface area contributed by atoms with Crippen molar-refractivity contribution in [1.29, 1.82) is 0 Å². The van der Waals surface area contributed by atoms with Gasteiger partial charge in [-0.05, 0) is 50.2 Å². The number of carbonyl (C=O) groups excluding carboxylic acids is 8. The first kappa shape index (κ1) is 60.4. The third-order valence-electron chi connectivity index (χ3n) is 14.3. The van der Waals surface area contributed by atoms with Crippen LogP contribution in [-0.2, 0) is 51.1 Å². The van der Waals surface area contributed by atoms with Crippen molar-refractivity contribution < 1.29 is 78.1 Å². The van der Waals surface area contributed by atoms with Crippen LogP contribution in [0.15, 0.2) is 58.5 Å². The maximum atomic E-state index is 14.2. The summed E-state index contributed by atoms with van der Waals surface area (Å²) in [5.74, 6) is -9.75. The zero-order valence-electron chi connectivity index (χ0n) is 44.1. The standard InChI is InChI=1S/C54H69N9O16/c1-26-45(69)30(21-40(78-26)79-38-23-54(76,39(68)25-64)22-33-42(38)49(73)44-43(47(33)71)46(70)32-13-7-15-37(77-3)41(32)48(44)72)19-31(66)24-61-50(74)29(12-8-16-59-52(55)56)20-36(67)34(14-9-17-60-53(57)58)63-51(75)35(62-27(2)65)18-28-10-5-4-6-11-28/h4-7,10-11,13,15,26,29-30,34-35,38,40,45,64,69,71,73,76H,8-9,12,14,16-25H2,1-3H3,(H,61,74)(H,62,65)(H,63,75)(H4,55,56,59)(H4,57,58,60)/t26-,29-,30?,34-,35?,38-,40+,45-,54+/m0/s1. The topological polar surface area (TPSA) is 430 Å². The lowest BCUT2D eigenvalue weighted by atomic mass is 9.72. The molecule has 0 aromatic heterocycles. The molecule has 0 spiro atoms. The second-order valence-electron chi connectivity index (χ2n) is 20.0. The average Bonchev–Trinajstić information content (AvgIpc) is 3.27. The number of Topliss-reactive ketones (excluding diaryl/α,β-unsaturated/α-hetero) is 3. The highest BCUT2D eigenvalue weighted by Gasteiger charge is 2.50. The number of benzene rings is 3. The van der Waals surface area contributed by atoms with Gasteiger partial charge >= 0.3 is 0 Å². The summed E-state index contributed by atoms with van der Waals surface area (Å²) in [6.07, 6.45) is -6.94. The summed E-state index contributed by atoms with van der Waals surface area (Å²) in [4.78, 5) is 117. The Kier molecular flexibility index (Phi) is 20.4. The van der Waals surface area contributed by atoms with E-state index in [1.165, 1.54) is 39.2 Å². The fourth-order valence-corrected chi connectivity index (χ4v) is 10.4. The number of nitrogens with zero attached hydrogens (tertiary/aromatic N) is 2. The quantitative estimate of drug-likeness (QED) is 0.0160. The van der Waals surface area contributed by atoms with Crippen molar-refractivity contribution in [3.8, 4) is 17.2 Å². The largest absolute Gasteiger partial charge is 0.507 e. The number of nitrogens with two attached hydrogens (primary N) is 4. The number of hydrogen-bond acceptors (Lipinski definition) is 18. The van der Waals surface area contributed by atoms with Crippen molar-refractivity contribution in [3.05, 3.63) is 87.5 Å². The molecular weight excluding hydrogens is 1030 g/mol. The number of phenolic OH excluding ortho intramolecular Hbond substituents is 2. The van der Waals surface area contributed by atoms with Crippen LogP contribution in [0.4, 0.5) is 0 Å². The minimum Gasteiger partial charge on any atom is -0.507 e. The number of methoxy groups -OCH3 is 1. The van der Waals surface area contributed by atoms with Crippen molar-refractivity contribution in [2.75, 3.05) is 33.4 Å². The molecule has 3 amide bonds. The molecule has 0 bridgehead atoms. The summed E-state index contributed by atoms with van der Waals surface area (Å²) < 4.78 is 17.7. The molecule has 79 heavy (non-hydrogen) atoms. The molecule has 0 radical (unpaired) electrons. The molecule has 25 nitrogen and oxygen atoms in total. The number of phenols is 2. The van der Waals surface area contributed by atoms with Crippen LogP contribution < -0.4 is 43.6 Å². The highest BCUT2D eigenvalue weighted by atomic mass is 16.7. The van der Waals surface area contributed by atoms with Crippen LogP contribution in [0.3, 0.4) is 0 Å². The smallest absolute Gasteiger partial charge is 0.243 e. The number of amides is 3. The first-order valence-corrected chi connectivity index (χ1v) is 25.7. The minimum atomic E-state index is -2.43. The van der Waals surface area contributed by atoms with Gasteiger partial charge < -0.3 is 78.6 Å². The maximum absolute atomic E-state index is 14.2. The van der Waals surface area contributed by atoms with Crippen LogP contribution in [0.2, 0.25) is 0 Å². The normalized spacial score (nSPS) is 21.4. The van der Waals surface area contributed by atoms with Crippen LogP contribution in [-0.4, -0.2) is 154 Å². The second kappa shape index (κ2) is 26.7. The van der Waals surface area contributed by atoms with Gasteiger partial charge in [-0.2, -0.15) is 0 Å². The van der Waals surface area contributed by atoms with Gasteiger partial charge in [-0.15, -0.1) is 0 Å². The van der Waals surface area contributed by atoms with Crippen molar-refractivity contribution >= 4 is 58.6 Å². The number of rotatable bonds is 26. The average molecular weight is 1100 g/mol. The molecule has 1 saturated heterocycles. The Bertz CT molecular complexity index is 2870. The van der Waals surface area contributed by atoms with Crippen LogP contribution >= 0.6 is 0 Å². The van der Waals surface area contributed by atoms with Crippen LogP contribution in [0.1, 0.15) is 120 Å². The molecule has 2 unspecified atom stereocenters. The Morgan fingerprint density at radius 3 is 2.14 bits per heavy atom. The molecule has 16 N–H and O–H groups in total. The van der Waals surface area contributed by atoms with Crippen LogP contribution in [0, 0.1) is 11.8 Å². The van der Waals surface area contributed by atoms with E-state index >= 15 is 0 Å². The van der Waals surface area contributed by atoms with Gasteiger partial charge in [-0.3, -0.25) is 48.3 Å². The molecule has 3 aliphatic rings.